The zero-order chi connectivity index (χ0) is 12.3. The minimum atomic E-state index is -0.152. The average Bonchev–Trinajstić information content (AvgIpc) is 2.71. The molecular formula is C14H19NO2. The van der Waals surface area contributed by atoms with Gasteiger partial charge in [0.05, 0.1) is 13.0 Å². The molecule has 1 aliphatic carbocycles. The van der Waals surface area contributed by atoms with Gasteiger partial charge in [0.25, 0.3) is 0 Å². The van der Waals surface area contributed by atoms with E-state index < -0.39 is 0 Å². The van der Waals surface area contributed by atoms with Crippen LogP contribution in [0.15, 0.2) is 18.2 Å². The summed E-state index contributed by atoms with van der Waals surface area (Å²) in [6, 6.07) is 6.27. The fourth-order valence-corrected chi connectivity index (χ4v) is 2.42. The maximum atomic E-state index is 11.4. The van der Waals surface area contributed by atoms with Crippen molar-refractivity contribution in [3.05, 3.63) is 34.9 Å². The van der Waals surface area contributed by atoms with Crippen LogP contribution >= 0.6 is 0 Å². The molecule has 1 aromatic rings. The van der Waals surface area contributed by atoms with Crippen molar-refractivity contribution >= 4 is 5.97 Å². The highest BCUT2D eigenvalue weighted by Crippen LogP contribution is 2.27. The number of ether oxygens (including phenoxy) is 1. The lowest BCUT2D eigenvalue weighted by molar-refractivity contribution is -0.142. The van der Waals surface area contributed by atoms with Gasteiger partial charge in [-0.25, -0.2) is 0 Å². The van der Waals surface area contributed by atoms with Crippen molar-refractivity contribution < 1.29 is 9.53 Å². The molecule has 1 aliphatic rings. The molecule has 0 saturated carbocycles. The van der Waals surface area contributed by atoms with Gasteiger partial charge in [0.15, 0.2) is 0 Å². The van der Waals surface area contributed by atoms with E-state index in [4.69, 9.17) is 10.5 Å². The molecule has 1 atom stereocenters. The lowest BCUT2D eigenvalue weighted by Gasteiger charge is -2.04. The lowest BCUT2D eigenvalue weighted by Crippen LogP contribution is -2.13. The summed E-state index contributed by atoms with van der Waals surface area (Å²) < 4.78 is 4.95. The van der Waals surface area contributed by atoms with E-state index in [2.05, 4.69) is 12.1 Å². The molecule has 17 heavy (non-hydrogen) atoms. The highest BCUT2D eigenvalue weighted by molar-refractivity contribution is 5.72. The smallest absolute Gasteiger partial charge is 0.310 e. The van der Waals surface area contributed by atoms with Crippen molar-refractivity contribution in [2.24, 2.45) is 11.7 Å². The summed E-state index contributed by atoms with van der Waals surface area (Å²) in [6.45, 7) is 3.01. The van der Waals surface area contributed by atoms with Crippen molar-refractivity contribution in [1.82, 2.24) is 0 Å². The normalized spacial score (nSPS) is 17.9. The zero-order valence-electron chi connectivity index (χ0n) is 10.2. The molecule has 2 rings (SSSR count). The first-order valence-corrected chi connectivity index (χ1v) is 6.19. The largest absolute Gasteiger partial charge is 0.466 e. The molecule has 0 aromatic heterocycles. The van der Waals surface area contributed by atoms with Gasteiger partial charge in [0.2, 0.25) is 0 Å². The molecule has 0 fully saturated rings. The summed E-state index contributed by atoms with van der Waals surface area (Å²) in [6.07, 6.45) is 2.49. The third-order valence-electron chi connectivity index (χ3n) is 3.27. The van der Waals surface area contributed by atoms with Gasteiger partial charge in [-0.05, 0) is 48.9 Å². The van der Waals surface area contributed by atoms with Crippen LogP contribution in [0, 0.1) is 5.92 Å². The molecule has 0 aliphatic heterocycles. The molecule has 0 spiro atoms. The predicted molar refractivity (Wildman–Crippen MR) is 66.7 cm³/mol. The maximum absolute atomic E-state index is 11.4. The molecule has 3 nitrogen and oxygen atoms in total. The molecule has 0 amide bonds. The first-order valence-electron chi connectivity index (χ1n) is 6.19. The Labute approximate surface area is 102 Å². The molecule has 1 unspecified atom stereocenters. The van der Waals surface area contributed by atoms with Crippen LogP contribution in [0.3, 0.4) is 0 Å². The SMILES string of the molecule is CCOC(=O)Cc1ccc2c(c1)CC(CN)C2. The quantitative estimate of drug-likeness (QED) is 0.801. The van der Waals surface area contributed by atoms with Crippen LogP contribution in [0.25, 0.3) is 0 Å². The number of fused-ring (bicyclic) bond motifs is 1. The fourth-order valence-electron chi connectivity index (χ4n) is 2.42. The Bertz CT molecular complexity index is 415. The Kier molecular flexibility index (Phi) is 3.79. The number of benzene rings is 1. The van der Waals surface area contributed by atoms with Crippen LogP contribution in [0.5, 0.6) is 0 Å². The first-order chi connectivity index (χ1) is 8.22. The van der Waals surface area contributed by atoms with E-state index in [9.17, 15) is 4.79 Å². The van der Waals surface area contributed by atoms with Crippen LogP contribution in [0.1, 0.15) is 23.6 Å². The summed E-state index contributed by atoms with van der Waals surface area (Å²) in [5.74, 6) is 0.420. The molecule has 0 saturated heterocycles. The summed E-state index contributed by atoms with van der Waals surface area (Å²) in [5.41, 5.74) is 9.47. The number of rotatable bonds is 4. The molecule has 3 heteroatoms. The van der Waals surface area contributed by atoms with E-state index in [0.717, 1.165) is 24.9 Å². The second-order valence-corrected chi connectivity index (χ2v) is 4.59. The first kappa shape index (κ1) is 12.1. The molecule has 0 radical (unpaired) electrons. The molecular weight excluding hydrogens is 214 g/mol. The average molecular weight is 233 g/mol. The Balaban J connectivity index is 2.05. The number of carbonyl (C=O) groups is 1. The van der Waals surface area contributed by atoms with Crippen molar-refractivity contribution in [1.29, 1.82) is 0 Å². The monoisotopic (exact) mass is 233 g/mol. The highest BCUT2D eigenvalue weighted by atomic mass is 16.5. The number of esters is 1. The van der Waals surface area contributed by atoms with Gasteiger partial charge in [0, 0.05) is 0 Å². The van der Waals surface area contributed by atoms with Crippen LogP contribution in [-0.4, -0.2) is 19.1 Å². The summed E-state index contributed by atoms with van der Waals surface area (Å²) in [7, 11) is 0. The summed E-state index contributed by atoms with van der Waals surface area (Å²) >= 11 is 0. The molecule has 0 bridgehead atoms. The summed E-state index contributed by atoms with van der Waals surface area (Å²) in [5, 5.41) is 0. The van der Waals surface area contributed by atoms with Crippen molar-refractivity contribution in [3.8, 4) is 0 Å². The molecule has 0 heterocycles. The second-order valence-electron chi connectivity index (χ2n) is 4.59. The minimum Gasteiger partial charge on any atom is -0.466 e. The highest BCUT2D eigenvalue weighted by Gasteiger charge is 2.20. The number of carbonyl (C=O) groups excluding carboxylic acids is 1. The van der Waals surface area contributed by atoms with Crippen LogP contribution in [0.2, 0.25) is 0 Å². The van der Waals surface area contributed by atoms with Gasteiger partial charge < -0.3 is 10.5 Å². The van der Waals surface area contributed by atoms with Crippen LogP contribution in [0.4, 0.5) is 0 Å². The molecule has 92 valence electrons. The van der Waals surface area contributed by atoms with Gasteiger partial charge in [-0.1, -0.05) is 18.2 Å². The van der Waals surface area contributed by atoms with Gasteiger partial charge in [0.1, 0.15) is 0 Å². The van der Waals surface area contributed by atoms with Crippen LogP contribution in [-0.2, 0) is 28.8 Å². The van der Waals surface area contributed by atoms with Crippen molar-refractivity contribution in [2.75, 3.05) is 13.2 Å². The van der Waals surface area contributed by atoms with E-state index in [1.807, 2.05) is 13.0 Å². The van der Waals surface area contributed by atoms with Gasteiger partial charge in [-0.3, -0.25) is 4.79 Å². The van der Waals surface area contributed by atoms with Gasteiger partial charge in [-0.15, -0.1) is 0 Å². The predicted octanol–water partition coefficient (Wildman–Crippen LogP) is 1.47. The minimum absolute atomic E-state index is 0.152. The van der Waals surface area contributed by atoms with E-state index in [1.54, 1.807) is 0 Å². The number of hydrogen-bond donors (Lipinski definition) is 1. The third-order valence-corrected chi connectivity index (χ3v) is 3.27. The van der Waals surface area contributed by atoms with E-state index in [-0.39, 0.29) is 5.97 Å². The third kappa shape index (κ3) is 2.86. The Morgan fingerprint density at radius 1 is 1.41 bits per heavy atom. The lowest BCUT2D eigenvalue weighted by atomic mass is 10.0. The standard InChI is InChI=1S/C14H19NO2/c1-2-17-14(16)8-10-3-4-12-6-11(9-15)7-13(12)5-10/h3-5,11H,2,6-9,15H2,1H3. The van der Waals surface area contributed by atoms with Crippen molar-refractivity contribution in [2.45, 2.75) is 26.2 Å². The number of nitrogens with two attached hydrogens (primary N) is 1. The van der Waals surface area contributed by atoms with Crippen LogP contribution < -0.4 is 5.73 Å². The van der Waals surface area contributed by atoms with Gasteiger partial charge in [-0.2, -0.15) is 0 Å². The van der Waals surface area contributed by atoms with E-state index in [1.165, 1.54) is 11.1 Å². The zero-order valence-corrected chi connectivity index (χ0v) is 10.2. The van der Waals surface area contributed by atoms with E-state index >= 15 is 0 Å². The second kappa shape index (κ2) is 5.32. The Morgan fingerprint density at radius 2 is 2.18 bits per heavy atom. The molecule has 1 aromatic carbocycles. The summed E-state index contributed by atoms with van der Waals surface area (Å²) in [4.78, 5) is 11.4. The van der Waals surface area contributed by atoms with E-state index in [0.29, 0.717) is 18.9 Å². The van der Waals surface area contributed by atoms with Gasteiger partial charge >= 0.3 is 5.97 Å². The Morgan fingerprint density at radius 3 is 2.88 bits per heavy atom. The topological polar surface area (TPSA) is 52.3 Å². The number of hydrogen-bond acceptors (Lipinski definition) is 3. The Hall–Kier alpha value is -1.35. The van der Waals surface area contributed by atoms with Crippen molar-refractivity contribution in [3.63, 3.8) is 0 Å². The maximum Gasteiger partial charge on any atom is 0.310 e. The molecule has 2 N–H and O–H groups in total. The fraction of sp³-hybridized carbons (Fsp3) is 0.500.